The Hall–Kier alpha value is -4.13. The first kappa shape index (κ1) is 21.4. The van der Waals surface area contributed by atoms with Crippen LogP contribution < -0.4 is 10.2 Å². The van der Waals surface area contributed by atoms with Crippen LogP contribution in [-0.4, -0.2) is 46.5 Å². The summed E-state index contributed by atoms with van der Waals surface area (Å²) in [5.74, 6) is 0.382. The molecule has 1 atom stereocenters. The number of halogens is 1. The topological polar surface area (TPSA) is 53.4 Å². The number of nitrogens with zero attached hydrogens (tertiary/aromatic N) is 4. The first-order chi connectivity index (χ1) is 17.1. The van der Waals surface area contributed by atoms with Gasteiger partial charge in [0.05, 0.1) is 22.6 Å². The highest BCUT2D eigenvalue weighted by molar-refractivity contribution is 5.98. The summed E-state index contributed by atoms with van der Waals surface area (Å²) in [6.07, 6.45) is 0. The second kappa shape index (κ2) is 8.58. The number of aromatic nitrogens is 2. The van der Waals surface area contributed by atoms with Crippen LogP contribution in [0.4, 0.5) is 16.0 Å². The van der Waals surface area contributed by atoms with Gasteiger partial charge in [0.25, 0.3) is 5.91 Å². The predicted octanol–water partition coefficient (Wildman–Crippen LogP) is 4.81. The lowest BCUT2D eigenvalue weighted by molar-refractivity contribution is -0.127. The van der Waals surface area contributed by atoms with Gasteiger partial charge >= 0.3 is 0 Å². The summed E-state index contributed by atoms with van der Waals surface area (Å²) in [6, 6.07) is 24.2. The molecule has 0 aliphatic carbocycles. The van der Waals surface area contributed by atoms with Gasteiger partial charge in [0.2, 0.25) is 5.95 Å². The van der Waals surface area contributed by atoms with E-state index >= 15 is 0 Å². The lowest BCUT2D eigenvalue weighted by Gasteiger charge is -2.39. The summed E-state index contributed by atoms with van der Waals surface area (Å²) in [4.78, 5) is 23.0. The van der Waals surface area contributed by atoms with Crippen LogP contribution in [0.15, 0.2) is 90.1 Å². The second-order valence-electron chi connectivity index (χ2n) is 9.03. The molecule has 0 radical (unpaired) electrons. The van der Waals surface area contributed by atoms with Gasteiger partial charge in [-0.05, 0) is 48.9 Å². The van der Waals surface area contributed by atoms with Crippen molar-refractivity contribution in [1.29, 1.82) is 0 Å². The van der Waals surface area contributed by atoms with E-state index in [1.165, 1.54) is 17.8 Å². The number of anilines is 2. The molecule has 1 aromatic heterocycles. The van der Waals surface area contributed by atoms with Crippen LogP contribution in [0, 0.1) is 5.82 Å². The first-order valence-corrected chi connectivity index (χ1v) is 11.9. The molecule has 3 aromatic carbocycles. The van der Waals surface area contributed by atoms with Gasteiger partial charge in [0, 0.05) is 37.6 Å². The Balaban J connectivity index is 1.37. The van der Waals surface area contributed by atoms with Gasteiger partial charge < -0.3 is 15.1 Å². The van der Waals surface area contributed by atoms with E-state index in [2.05, 4.69) is 26.9 Å². The number of hydrogen-bond acceptors (Lipinski definition) is 4. The molecular weight excluding hydrogens is 441 g/mol. The third kappa shape index (κ3) is 3.73. The normalized spacial score (nSPS) is 17.9. The number of nitrogens with one attached hydrogen (secondary N) is 1. The fourth-order valence-corrected chi connectivity index (χ4v) is 5.18. The summed E-state index contributed by atoms with van der Waals surface area (Å²) < 4.78 is 15.9. The van der Waals surface area contributed by atoms with E-state index in [-0.39, 0.29) is 11.7 Å². The van der Waals surface area contributed by atoms with Gasteiger partial charge in [0.1, 0.15) is 5.82 Å². The van der Waals surface area contributed by atoms with Crippen molar-refractivity contribution in [2.45, 2.75) is 13.0 Å². The predicted molar refractivity (Wildman–Crippen MR) is 136 cm³/mol. The minimum Gasteiger partial charge on any atom is -0.368 e. The Bertz CT molecular complexity index is 1420. The van der Waals surface area contributed by atoms with Gasteiger partial charge in [-0.3, -0.25) is 9.36 Å². The molecule has 176 valence electrons. The summed E-state index contributed by atoms with van der Waals surface area (Å²) >= 11 is 0. The number of amides is 1. The van der Waals surface area contributed by atoms with E-state index in [1.807, 2.05) is 54.3 Å². The Morgan fingerprint density at radius 1 is 0.914 bits per heavy atom. The van der Waals surface area contributed by atoms with Crippen molar-refractivity contribution in [3.63, 3.8) is 0 Å². The molecule has 6 nitrogen and oxygen atoms in total. The number of fused-ring (bicyclic) bond motifs is 3. The number of rotatable bonds is 3. The summed E-state index contributed by atoms with van der Waals surface area (Å²) in [5.41, 5.74) is 5.24. The quantitative estimate of drug-likeness (QED) is 0.470. The van der Waals surface area contributed by atoms with E-state index in [1.54, 1.807) is 12.1 Å². The third-order valence-electron chi connectivity index (χ3n) is 6.94. The maximum absolute atomic E-state index is 14.0. The molecule has 1 amide bonds. The number of para-hydroxylation sites is 3. The summed E-state index contributed by atoms with van der Waals surface area (Å²) in [5, 5.41) is 3.36. The molecule has 0 saturated carbocycles. The Morgan fingerprint density at radius 3 is 2.34 bits per heavy atom. The zero-order chi connectivity index (χ0) is 23.9. The summed E-state index contributed by atoms with van der Waals surface area (Å²) in [7, 11) is 0. The summed E-state index contributed by atoms with van der Waals surface area (Å²) in [6.45, 7) is 4.75. The number of imidazole rings is 1. The number of piperazine rings is 1. The molecule has 0 unspecified atom stereocenters. The highest BCUT2D eigenvalue weighted by atomic mass is 19.1. The Morgan fingerprint density at radius 2 is 1.60 bits per heavy atom. The second-order valence-corrected chi connectivity index (χ2v) is 9.03. The molecule has 3 heterocycles. The van der Waals surface area contributed by atoms with Crippen LogP contribution in [0.1, 0.15) is 18.5 Å². The molecule has 6 rings (SSSR count). The Kier molecular flexibility index (Phi) is 5.25. The molecule has 4 aromatic rings. The van der Waals surface area contributed by atoms with Crippen LogP contribution >= 0.6 is 0 Å². The van der Waals surface area contributed by atoms with Gasteiger partial charge in [-0.25, -0.2) is 9.37 Å². The van der Waals surface area contributed by atoms with Crippen molar-refractivity contribution in [3.8, 4) is 0 Å². The minimum atomic E-state index is -0.404. The van der Waals surface area contributed by atoms with Crippen LogP contribution in [0.5, 0.6) is 0 Å². The van der Waals surface area contributed by atoms with Gasteiger partial charge in [0.15, 0.2) is 0 Å². The molecule has 0 bridgehead atoms. The standard InChI is InChI=1S/C28H26FN5O/c1-19-25(27(35)33-17-15-32(16-18-33)22-7-3-2-4-8-22)26(20-11-13-21(29)14-12-20)34-24-10-6-5-9-23(24)31-28(34)30-19/h2-14,26H,15-18H2,1H3,(H,30,31)/t26-/m1/s1. The molecule has 35 heavy (non-hydrogen) atoms. The number of benzene rings is 3. The zero-order valence-corrected chi connectivity index (χ0v) is 19.5. The van der Waals surface area contributed by atoms with Crippen molar-refractivity contribution in [3.05, 3.63) is 102 Å². The molecule has 0 spiro atoms. The van der Waals surface area contributed by atoms with Crippen LogP contribution in [-0.2, 0) is 4.79 Å². The van der Waals surface area contributed by atoms with Gasteiger partial charge in [-0.15, -0.1) is 0 Å². The molecule has 2 aliphatic heterocycles. The minimum absolute atomic E-state index is 0.000433. The van der Waals surface area contributed by atoms with E-state index in [0.717, 1.165) is 35.4 Å². The largest absolute Gasteiger partial charge is 0.368 e. The van der Waals surface area contributed by atoms with E-state index in [0.29, 0.717) is 24.6 Å². The maximum atomic E-state index is 14.0. The lowest BCUT2D eigenvalue weighted by Crippen LogP contribution is -2.50. The zero-order valence-electron chi connectivity index (χ0n) is 19.5. The molecule has 1 fully saturated rings. The number of carbonyl (C=O) groups excluding carboxylic acids is 1. The van der Waals surface area contributed by atoms with Crippen LogP contribution in [0.2, 0.25) is 0 Å². The molecule has 7 heteroatoms. The van der Waals surface area contributed by atoms with Gasteiger partial charge in [-0.2, -0.15) is 0 Å². The van der Waals surface area contributed by atoms with Crippen molar-refractivity contribution < 1.29 is 9.18 Å². The maximum Gasteiger partial charge on any atom is 0.254 e. The molecule has 1 N–H and O–H groups in total. The highest BCUT2D eigenvalue weighted by Crippen LogP contribution is 2.40. The van der Waals surface area contributed by atoms with Crippen molar-refractivity contribution in [2.75, 3.05) is 36.4 Å². The molecular formula is C28H26FN5O. The molecule has 1 saturated heterocycles. The number of carbonyl (C=O) groups is 1. The smallest absolute Gasteiger partial charge is 0.254 e. The van der Waals surface area contributed by atoms with E-state index < -0.39 is 6.04 Å². The van der Waals surface area contributed by atoms with Crippen LogP contribution in [0.3, 0.4) is 0 Å². The Labute approximate surface area is 203 Å². The average molecular weight is 468 g/mol. The van der Waals surface area contributed by atoms with E-state index in [9.17, 15) is 9.18 Å². The lowest BCUT2D eigenvalue weighted by atomic mass is 9.93. The molecule has 2 aliphatic rings. The monoisotopic (exact) mass is 467 g/mol. The van der Waals surface area contributed by atoms with Crippen molar-refractivity contribution in [1.82, 2.24) is 14.5 Å². The van der Waals surface area contributed by atoms with Crippen molar-refractivity contribution >= 4 is 28.6 Å². The number of allylic oxidation sites excluding steroid dienone is 1. The fraction of sp³-hybridized carbons (Fsp3) is 0.214. The fourth-order valence-electron chi connectivity index (χ4n) is 5.18. The highest BCUT2D eigenvalue weighted by Gasteiger charge is 2.36. The SMILES string of the molecule is CC1=C(C(=O)N2CCN(c3ccccc3)CC2)[C@@H](c2ccc(F)cc2)n2c(nc3ccccc32)N1. The van der Waals surface area contributed by atoms with Gasteiger partial charge in [-0.1, -0.05) is 42.5 Å². The number of hydrogen-bond donors (Lipinski definition) is 1. The van der Waals surface area contributed by atoms with E-state index in [4.69, 9.17) is 4.98 Å². The average Bonchev–Trinajstić information content (AvgIpc) is 3.26. The first-order valence-electron chi connectivity index (χ1n) is 11.9. The van der Waals surface area contributed by atoms with Crippen molar-refractivity contribution in [2.24, 2.45) is 0 Å². The van der Waals surface area contributed by atoms with Crippen LogP contribution in [0.25, 0.3) is 11.0 Å². The third-order valence-corrected chi connectivity index (χ3v) is 6.94.